The number of aliphatic carboxylic acids is 1. The quantitative estimate of drug-likeness (QED) is 0.691. The molecule has 1 N–H and O–H groups in total. The molecule has 0 aromatic rings. The number of piperidine rings is 1. The average molecular weight is 213 g/mol. The van der Waals surface area contributed by atoms with Crippen LogP contribution in [0.4, 0.5) is 0 Å². The molecule has 2 saturated heterocycles. The number of ether oxygens (including phenoxy) is 1. The van der Waals surface area contributed by atoms with Gasteiger partial charge in [-0.2, -0.15) is 0 Å². The fourth-order valence-corrected chi connectivity index (χ4v) is 2.23. The predicted molar refractivity (Wildman–Crippen MR) is 55.8 cm³/mol. The van der Waals surface area contributed by atoms with Gasteiger partial charge in [-0.3, -0.25) is 4.79 Å². The summed E-state index contributed by atoms with van der Waals surface area (Å²) in [5.74, 6) is -0.910. The Kier molecular flexibility index (Phi) is 3.59. The van der Waals surface area contributed by atoms with Gasteiger partial charge in [0, 0.05) is 6.54 Å². The largest absolute Gasteiger partial charge is 0.481 e. The molecule has 0 radical (unpaired) electrons. The van der Waals surface area contributed by atoms with Crippen LogP contribution in [0, 0.1) is 5.92 Å². The van der Waals surface area contributed by atoms with Crippen LogP contribution >= 0.6 is 0 Å². The van der Waals surface area contributed by atoms with Crippen LogP contribution in [0.2, 0.25) is 0 Å². The van der Waals surface area contributed by atoms with Gasteiger partial charge >= 0.3 is 5.97 Å². The van der Waals surface area contributed by atoms with E-state index < -0.39 is 5.97 Å². The standard InChI is InChI=1S/C11H19NO3/c13-11(14)9(6-10-8-15-10)7-12-4-2-1-3-5-12/h9-10H,1-8H2,(H,13,14). The molecule has 0 aromatic heterocycles. The molecule has 0 saturated carbocycles. The second-order valence-electron chi connectivity index (χ2n) is 4.59. The van der Waals surface area contributed by atoms with E-state index in [1.54, 1.807) is 0 Å². The van der Waals surface area contributed by atoms with Crippen LogP contribution in [0.15, 0.2) is 0 Å². The third-order valence-corrected chi connectivity index (χ3v) is 3.23. The van der Waals surface area contributed by atoms with E-state index in [1.807, 2.05) is 0 Å². The molecule has 4 heteroatoms. The normalized spacial score (nSPS) is 28.7. The molecule has 0 aliphatic carbocycles. The summed E-state index contributed by atoms with van der Waals surface area (Å²) >= 11 is 0. The topological polar surface area (TPSA) is 53.1 Å². The summed E-state index contributed by atoms with van der Waals surface area (Å²) in [6.07, 6.45) is 4.63. The average Bonchev–Trinajstić information content (AvgIpc) is 3.02. The molecule has 0 bridgehead atoms. The molecule has 0 spiro atoms. The third kappa shape index (κ3) is 3.47. The van der Waals surface area contributed by atoms with Crippen molar-refractivity contribution in [2.75, 3.05) is 26.2 Å². The molecule has 0 amide bonds. The summed E-state index contributed by atoms with van der Waals surface area (Å²) in [5.41, 5.74) is 0. The second-order valence-corrected chi connectivity index (χ2v) is 4.59. The highest BCUT2D eigenvalue weighted by Crippen LogP contribution is 2.21. The summed E-state index contributed by atoms with van der Waals surface area (Å²) in [7, 11) is 0. The van der Waals surface area contributed by atoms with Crippen LogP contribution in [-0.2, 0) is 9.53 Å². The lowest BCUT2D eigenvalue weighted by Crippen LogP contribution is -2.37. The summed E-state index contributed by atoms with van der Waals surface area (Å²) in [4.78, 5) is 13.3. The van der Waals surface area contributed by atoms with E-state index in [2.05, 4.69) is 4.90 Å². The highest BCUT2D eigenvalue weighted by molar-refractivity contribution is 5.70. The predicted octanol–water partition coefficient (Wildman–Crippen LogP) is 0.962. The zero-order valence-corrected chi connectivity index (χ0v) is 9.02. The van der Waals surface area contributed by atoms with Crippen LogP contribution in [0.1, 0.15) is 25.7 Å². The van der Waals surface area contributed by atoms with Crippen LogP contribution in [-0.4, -0.2) is 48.3 Å². The number of epoxide rings is 1. The number of carboxylic acid groups (broad SMARTS) is 1. The lowest BCUT2D eigenvalue weighted by atomic mass is 10.0. The smallest absolute Gasteiger partial charge is 0.307 e. The van der Waals surface area contributed by atoms with Crippen LogP contribution in [0.3, 0.4) is 0 Å². The fraction of sp³-hybridized carbons (Fsp3) is 0.909. The molecule has 2 atom stereocenters. The number of hydrogen-bond acceptors (Lipinski definition) is 3. The molecule has 2 rings (SSSR count). The van der Waals surface area contributed by atoms with Crippen molar-refractivity contribution in [3.63, 3.8) is 0 Å². The number of nitrogens with zero attached hydrogens (tertiary/aromatic N) is 1. The first-order valence-electron chi connectivity index (χ1n) is 5.82. The van der Waals surface area contributed by atoms with Crippen molar-refractivity contribution in [3.05, 3.63) is 0 Å². The van der Waals surface area contributed by atoms with Crippen molar-refractivity contribution >= 4 is 5.97 Å². The summed E-state index contributed by atoms with van der Waals surface area (Å²) in [6.45, 7) is 3.59. The van der Waals surface area contributed by atoms with E-state index in [1.165, 1.54) is 19.3 Å². The fourth-order valence-electron chi connectivity index (χ4n) is 2.23. The highest BCUT2D eigenvalue weighted by atomic mass is 16.6. The van der Waals surface area contributed by atoms with E-state index in [0.717, 1.165) is 19.7 Å². The number of carbonyl (C=O) groups is 1. The van der Waals surface area contributed by atoms with Gasteiger partial charge in [0.15, 0.2) is 0 Å². The first-order valence-corrected chi connectivity index (χ1v) is 5.82. The molecule has 2 unspecified atom stereocenters. The second kappa shape index (κ2) is 4.94. The summed E-state index contributed by atoms with van der Waals surface area (Å²) < 4.78 is 5.10. The molecular formula is C11H19NO3. The Bertz CT molecular complexity index is 222. The summed E-state index contributed by atoms with van der Waals surface area (Å²) in [6, 6.07) is 0. The van der Waals surface area contributed by atoms with Gasteiger partial charge in [-0.05, 0) is 32.4 Å². The summed E-state index contributed by atoms with van der Waals surface area (Å²) in [5, 5.41) is 9.10. The SMILES string of the molecule is O=C(O)C(CC1CO1)CN1CCCCC1. The minimum atomic E-state index is -0.670. The maximum Gasteiger partial charge on any atom is 0.307 e. The van der Waals surface area contributed by atoms with Crippen LogP contribution in [0.5, 0.6) is 0 Å². The molecular weight excluding hydrogens is 194 g/mol. The number of likely N-dealkylation sites (tertiary alicyclic amines) is 1. The highest BCUT2D eigenvalue weighted by Gasteiger charge is 2.31. The minimum absolute atomic E-state index is 0.218. The first-order chi connectivity index (χ1) is 7.25. The van der Waals surface area contributed by atoms with Crippen molar-refractivity contribution < 1.29 is 14.6 Å². The van der Waals surface area contributed by atoms with Gasteiger partial charge in [-0.1, -0.05) is 6.42 Å². The van der Waals surface area contributed by atoms with E-state index in [4.69, 9.17) is 9.84 Å². The Balaban J connectivity index is 1.78. The molecule has 86 valence electrons. The molecule has 0 aromatic carbocycles. The van der Waals surface area contributed by atoms with Crippen LogP contribution < -0.4 is 0 Å². The van der Waals surface area contributed by atoms with Gasteiger partial charge in [0.1, 0.15) is 0 Å². The lowest BCUT2D eigenvalue weighted by molar-refractivity contribution is -0.142. The van der Waals surface area contributed by atoms with Gasteiger partial charge < -0.3 is 14.7 Å². The zero-order valence-electron chi connectivity index (χ0n) is 9.02. The maximum atomic E-state index is 11.1. The minimum Gasteiger partial charge on any atom is -0.481 e. The molecule has 2 aliphatic heterocycles. The van der Waals surface area contributed by atoms with Gasteiger partial charge in [0.05, 0.1) is 18.6 Å². The molecule has 2 fully saturated rings. The molecule has 4 nitrogen and oxygen atoms in total. The van der Waals surface area contributed by atoms with E-state index >= 15 is 0 Å². The first kappa shape index (κ1) is 10.9. The monoisotopic (exact) mass is 213 g/mol. The molecule has 15 heavy (non-hydrogen) atoms. The number of rotatable bonds is 5. The Labute approximate surface area is 90.2 Å². The number of carboxylic acids is 1. The Morgan fingerprint density at radius 1 is 1.40 bits per heavy atom. The van der Waals surface area contributed by atoms with Crippen molar-refractivity contribution in [2.24, 2.45) is 5.92 Å². The van der Waals surface area contributed by atoms with Gasteiger partial charge in [0.25, 0.3) is 0 Å². The Hall–Kier alpha value is -0.610. The van der Waals surface area contributed by atoms with E-state index in [0.29, 0.717) is 13.0 Å². The lowest BCUT2D eigenvalue weighted by Gasteiger charge is -2.28. The molecule has 2 aliphatic rings. The Morgan fingerprint density at radius 3 is 2.60 bits per heavy atom. The van der Waals surface area contributed by atoms with E-state index in [9.17, 15) is 4.79 Å². The number of hydrogen-bond donors (Lipinski definition) is 1. The molecule has 2 heterocycles. The van der Waals surface area contributed by atoms with Gasteiger partial charge in [-0.15, -0.1) is 0 Å². The van der Waals surface area contributed by atoms with Gasteiger partial charge in [0.2, 0.25) is 0 Å². The Morgan fingerprint density at radius 2 is 2.07 bits per heavy atom. The van der Waals surface area contributed by atoms with Crippen molar-refractivity contribution in [1.29, 1.82) is 0 Å². The van der Waals surface area contributed by atoms with Gasteiger partial charge in [-0.25, -0.2) is 0 Å². The van der Waals surface area contributed by atoms with Crippen molar-refractivity contribution in [1.82, 2.24) is 4.90 Å². The van der Waals surface area contributed by atoms with Crippen LogP contribution in [0.25, 0.3) is 0 Å². The van der Waals surface area contributed by atoms with Crippen molar-refractivity contribution in [3.8, 4) is 0 Å². The zero-order chi connectivity index (χ0) is 10.7. The third-order valence-electron chi connectivity index (χ3n) is 3.23. The van der Waals surface area contributed by atoms with E-state index in [-0.39, 0.29) is 12.0 Å². The van der Waals surface area contributed by atoms with Crippen molar-refractivity contribution in [2.45, 2.75) is 31.8 Å². The maximum absolute atomic E-state index is 11.1.